The lowest BCUT2D eigenvalue weighted by Crippen LogP contribution is -2.27. The molecule has 0 amide bonds. The van der Waals surface area contributed by atoms with Crippen molar-refractivity contribution < 1.29 is 0 Å². The number of aryl methyl sites for hydroxylation is 1. The van der Waals surface area contributed by atoms with Gasteiger partial charge in [0.2, 0.25) is 0 Å². The van der Waals surface area contributed by atoms with Gasteiger partial charge in [-0.05, 0) is 61.4 Å². The molecule has 96 valence electrons. The summed E-state index contributed by atoms with van der Waals surface area (Å²) in [5, 5.41) is 12.1. The van der Waals surface area contributed by atoms with Crippen LogP contribution >= 0.6 is 0 Å². The van der Waals surface area contributed by atoms with Crippen LogP contribution in [0.5, 0.6) is 0 Å². The number of rotatable bonds is 3. The molecular weight excluding hydrogens is 226 g/mol. The molecule has 0 bridgehead atoms. The van der Waals surface area contributed by atoms with Gasteiger partial charge in [-0.1, -0.05) is 6.92 Å². The molecule has 1 heterocycles. The lowest BCUT2D eigenvalue weighted by molar-refractivity contribution is 0.304. The van der Waals surface area contributed by atoms with E-state index in [1.165, 1.54) is 0 Å². The third-order valence-electron chi connectivity index (χ3n) is 3.40. The number of nitrogen functional groups attached to an aromatic ring is 1. The van der Waals surface area contributed by atoms with Crippen LogP contribution in [0.2, 0.25) is 0 Å². The molecule has 0 fully saturated rings. The molecule has 0 saturated carbocycles. The first-order valence-corrected chi connectivity index (χ1v) is 6.11. The van der Waals surface area contributed by atoms with Crippen LogP contribution in [0.25, 0.3) is 11.4 Å². The zero-order valence-electron chi connectivity index (χ0n) is 11.3. The first-order chi connectivity index (χ1) is 8.45. The van der Waals surface area contributed by atoms with Gasteiger partial charge in [0.1, 0.15) is 0 Å². The lowest BCUT2D eigenvalue weighted by atomic mass is 10.0. The normalized spacial score (nSPS) is 11.8. The molecule has 0 aliphatic heterocycles. The summed E-state index contributed by atoms with van der Waals surface area (Å²) >= 11 is 0. The topological polar surface area (TPSA) is 69.6 Å². The van der Waals surface area contributed by atoms with Crippen molar-refractivity contribution in [1.82, 2.24) is 20.2 Å². The van der Waals surface area contributed by atoms with Gasteiger partial charge in [-0.15, -0.1) is 5.10 Å². The zero-order valence-corrected chi connectivity index (χ0v) is 11.3. The highest BCUT2D eigenvalue weighted by Crippen LogP contribution is 2.28. The minimum Gasteiger partial charge on any atom is -0.399 e. The number of hydrogen-bond donors (Lipinski definition) is 1. The van der Waals surface area contributed by atoms with Crippen molar-refractivity contribution >= 4 is 5.69 Å². The third kappa shape index (κ3) is 2.08. The van der Waals surface area contributed by atoms with Gasteiger partial charge in [-0.25, -0.2) is 4.68 Å². The molecule has 5 heteroatoms. The number of anilines is 1. The average Bonchev–Trinajstić information content (AvgIpc) is 2.78. The first-order valence-electron chi connectivity index (χ1n) is 6.11. The van der Waals surface area contributed by atoms with Crippen LogP contribution in [0.4, 0.5) is 5.69 Å². The van der Waals surface area contributed by atoms with E-state index in [1.54, 1.807) is 0 Å². The van der Waals surface area contributed by atoms with E-state index < -0.39 is 0 Å². The van der Waals surface area contributed by atoms with Gasteiger partial charge in [0.05, 0.1) is 5.54 Å². The van der Waals surface area contributed by atoms with Crippen LogP contribution in [0.3, 0.4) is 0 Å². The van der Waals surface area contributed by atoms with Gasteiger partial charge in [0, 0.05) is 11.3 Å². The van der Waals surface area contributed by atoms with E-state index in [4.69, 9.17) is 5.73 Å². The molecular formula is C13H19N5. The molecule has 5 nitrogen and oxygen atoms in total. The highest BCUT2D eigenvalue weighted by Gasteiger charge is 2.24. The summed E-state index contributed by atoms with van der Waals surface area (Å²) in [5.41, 5.74) is 8.53. The summed E-state index contributed by atoms with van der Waals surface area (Å²) in [6.07, 6.45) is 0.957. The average molecular weight is 245 g/mol. The van der Waals surface area contributed by atoms with E-state index in [0.717, 1.165) is 29.1 Å². The molecule has 18 heavy (non-hydrogen) atoms. The van der Waals surface area contributed by atoms with E-state index >= 15 is 0 Å². The molecule has 0 atom stereocenters. The molecule has 0 aliphatic carbocycles. The molecule has 0 saturated heterocycles. The van der Waals surface area contributed by atoms with Crippen LogP contribution in [0.15, 0.2) is 18.2 Å². The van der Waals surface area contributed by atoms with Crippen molar-refractivity contribution in [2.45, 2.75) is 39.7 Å². The number of hydrogen-bond acceptors (Lipinski definition) is 4. The van der Waals surface area contributed by atoms with Crippen LogP contribution in [-0.4, -0.2) is 20.2 Å². The Labute approximate surface area is 107 Å². The molecule has 1 aromatic carbocycles. The van der Waals surface area contributed by atoms with Crippen molar-refractivity contribution in [2.24, 2.45) is 0 Å². The molecule has 1 aromatic heterocycles. The monoisotopic (exact) mass is 245 g/mol. The van der Waals surface area contributed by atoms with Crippen LogP contribution < -0.4 is 5.73 Å². The molecule has 0 aliphatic rings. The molecule has 0 radical (unpaired) electrons. The molecule has 2 rings (SSSR count). The lowest BCUT2D eigenvalue weighted by Gasteiger charge is -2.24. The summed E-state index contributed by atoms with van der Waals surface area (Å²) in [5.74, 6) is 0.791. The summed E-state index contributed by atoms with van der Waals surface area (Å²) in [6, 6.07) is 5.78. The van der Waals surface area contributed by atoms with Gasteiger partial charge in [0.15, 0.2) is 5.82 Å². The SMILES string of the molecule is CCC(C)(C)n1nnnc1-c1ccc(N)cc1C. The molecule has 2 N–H and O–H groups in total. The minimum absolute atomic E-state index is 0.105. The highest BCUT2D eigenvalue weighted by molar-refractivity contribution is 5.63. The van der Waals surface area contributed by atoms with Crippen molar-refractivity contribution in [3.63, 3.8) is 0 Å². The van der Waals surface area contributed by atoms with E-state index in [9.17, 15) is 0 Å². The molecule has 0 unspecified atom stereocenters. The Balaban J connectivity index is 2.56. The van der Waals surface area contributed by atoms with E-state index in [1.807, 2.05) is 29.8 Å². The van der Waals surface area contributed by atoms with Crippen molar-refractivity contribution in [2.75, 3.05) is 5.73 Å². The van der Waals surface area contributed by atoms with Crippen molar-refractivity contribution in [3.05, 3.63) is 23.8 Å². The van der Waals surface area contributed by atoms with Gasteiger partial charge in [0.25, 0.3) is 0 Å². The Morgan fingerprint density at radius 3 is 2.67 bits per heavy atom. The highest BCUT2D eigenvalue weighted by atomic mass is 15.6. The van der Waals surface area contributed by atoms with Gasteiger partial charge < -0.3 is 5.73 Å². The number of benzene rings is 1. The second-order valence-electron chi connectivity index (χ2n) is 5.15. The van der Waals surface area contributed by atoms with E-state index in [2.05, 4.69) is 36.3 Å². The Bertz CT molecular complexity index is 556. The summed E-state index contributed by atoms with van der Waals surface area (Å²) in [4.78, 5) is 0. The summed E-state index contributed by atoms with van der Waals surface area (Å²) < 4.78 is 1.88. The Hall–Kier alpha value is -1.91. The maximum Gasteiger partial charge on any atom is 0.182 e. The quantitative estimate of drug-likeness (QED) is 0.843. The maximum atomic E-state index is 5.77. The first kappa shape index (κ1) is 12.5. The summed E-state index contributed by atoms with van der Waals surface area (Å²) in [7, 11) is 0. The van der Waals surface area contributed by atoms with Crippen LogP contribution in [0.1, 0.15) is 32.8 Å². The largest absolute Gasteiger partial charge is 0.399 e. The van der Waals surface area contributed by atoms with Gasteiger partial charge >= 0.3 is 0 Å². The fraction of sp³-hybridized carbons (Fsp3) is 0.462. The van der Waals surface area contributed by atoms with Crippen LogP contribution in [0, 0.1) is 6.92 Å². The Kier molecular flexibility index (Phi) is 3.07. The van der Waals surface area contributed by atoms with Crippen molar-refractivity contribution in [3.8, 4) is 11.4 Å². The Morgan fingerprint density at radius 2 is 2.06 bits per heavy atom. The van der Waals surface area contributed by atoms with E-state index in [-0.39, 0.29) is 5.54 Å². The smallest absolute Gasteiger partial charge is 0.182 e. The van der Waals surface area contributed by atoms with Crippen LogP contribution in [-0.2, 0) is 5.54 Å². The fourth-order valence-electron chi connectivity index (χ4n) is 1.85. The maximum absolute atomic E-state index is 5.77. The molecule has 0 spiro atoms. The zero-order chi connectivity index (χ0) is 13.3. The molecule has 2 aromatic rings. The summed E-state index contributed by atoms with van der Waals surface area (Å²) in [6.45, 7) is 8.39. The predicted molar refractivity (Wildman–Crippen MR) is 72.0 cm³/mol. The number of nitrogens with zero attached hydrogens (tertiary/aromatic N) is 4. The second-order valence-corrected chi connectivity index (χ2v) is 5.15. The van der Waals surface area contributed by atoms with Crippen molar-refractivity contribution in [1.29, 1.82) is 0 Å². The number of nitrogens with two attached hydrogens (primary N) is 1. The van der Waals surface area contributed by atoms with E-state index in [0.29, 0.717) is 0 Å². The fourth-order valence-corrected chi connectivity index (χ4v) is 1.85. The number of aromatic nitrogens is 4. The standard InChI is InChI=1S/C13H19N5/c1-5-13(3,4)18-12(15-16-17-18)11-7-6-10(14)8-9(11)2/h6-8H,5,14H2,1-4H3. The van der Waals surface area contributed by atoms with Gasteiger partial charge in [-0.2, -0.15) is 0 Å². The number of tetrazole rings is 1. The second kappa shape index (κ2) is 4.40. The van der Waals surface area contributed by atoms with Gasteiger partial charge in [-0.3, -0.25) is 0 Å². The Morgan fingerprint density at radius 1 is 1.33 bits per heavy atom. The third-order valence-corrected chi connectivity index (χ3v) is 3.40. The minimum atomic E-state index is -0.105. The predicted octanol–water partition coefficient (Wildman–Crippen LogP) is 2.38.